The Bertz CT molecular complexity index is 218. The predicted octanol–water partition coefficient (Wildman–Crippen LogP) is 1.60. The van der Waals surface area contributed by atoms with E-state index in [1.165, 1.54) is 0 Å². The standard InChI is InChI=1S/C11H21NO4/c12-9(6-4-8-11(15)16)5-2-1-3-7-10(13)14/h9H,1-8,12H2,(H,13,14)(H,15,16). The Labute approximate surface area is 95.6 Å². The van der Waals surface area contributed by atoms with Crippen LogP contribution in [0.5, 0.6) is 0 Å². The summed E-state index contributed by atoms with van der Waals surface area (Å²) in [5, 5.41) is 16.8. The van der Waals surface area contributed by atoms with Crippen LogP contribution in [0.1, 0.15) is 51.4 Å². The van der Waals surface area contributed by atoms with Gasteiger partial charge in [0.05, 0.1) is 0 Å². The molecule has 1 atom stereocenters. The molecule has 5 heteroatoms. The quantitative estimate of drug-likeness (QED) is 0.496. The first kappa shape index (κ1) is 14.9. The second-order valence-electron chi connectivity index (χ2n) is 4.04. The Balaban J connectivity index is 3.26. The highest BCUT2D eigenvalue weighted by Gasteiger charge is 2.04. The van der Waals surface area contributed by atoms with E-state index in [0.717, 1.165) is 25.7 Å². The second-order valence-corrected chi connectivity index (χ2v) is 4.04. The normalized spacial score (nSPS) is 12.3. The fourth-order valence-corrected chi connectivity index (χ4v) is 1.52. The molecule has 0 saturated carbocycles. The van der Waals surface area contributed by atoms with E-state index in [2.05, 4.69) is 0 Å². The van der Waals surface area contributed by atoms with Crippen molar-refractivity contribution in [1.82, 2.24) is 0 Å². The minimum Gasteiger partial charge on any atom is -0.481 e. The summed E-state index contributed by atoms with van der Waals surface area (Å²) in [7, 11) is 0. The van der Waals surface area contributed by atoms with Gasteiger partial charge < -0.3 is 15.9 Å². The molecule has 0 bridgehead atoms. The van der Waals surface area contributed by atoms with Crippen LogP contribution < -0.4 is 5.73 Å². The lowest BCUT2D eigenvalue weighted by atomic mass is 10.0. The third-order valence-corrected chi connectivity index (χ3v) is 2.43. The van der Waals surface area contributed by atoms with E-state index in [4.69, 9.17) is 15.9 Å². The van der Waals surface area contributed by atoms with Gasteiger partial charge in [-0.1, -0.05) is 12.8 Å². The number of rotatable bonds is 10. The van der Waals surface area contributed by atoms with Crippen LogP contribution in [0.2, 0.25) is 0 Å². The molecule has 94 valence electrons. The summed E-state index contributed by atoms with van der Waals surface area (Å²) >= 11 is 0. The zero-order valence-electron chi connectivity index (χ0n) is 9.52. The molecule has 0 radical (unpaired) electrons. The van der Waals surface area contributed by atoms with Gasteiger partial charge in [0.25, 0.3) is 0 Å². The molecular weight excluding hydrogens is 210 g/mol. The van der Waals surface area contributed by atoms with Gasteiger partial charge in [-0.05, 0) is 25.7 Å². The van der Waals surface area contributed by atoms with Crippen LogP contribution in [0.25, 0.3) is 0 Å². The van der Waals surface area contributed by atoms with Gasteiger partial charge in [-0.2, -0.15) is 0 Å². The Morgan fingerprint density at radius 3 is 1.94 bits per heavy atom. The van der Waals surface area contributed by atoms with Crippen LogP contribution in [-0.2, 0) is 9.59 Å². The molecule has 1 unspecified atom stereocenters. The van der Waals surface area contributed by atoms with Crippen LogP contribution in [0, 0.1) is 0 Å². The van der Waals surface area contributed by atoms with Crippen molar-refractivity contribution >= 4 is 11.9 Å². The number of hydrogen-bond acceptors (Lipinski definition) is 3. The zero-order valence-corrected chi connectivity index (χ0v) is 9.52. The van der Waals surface area contributed by atoms with E-state index in [1.54, 1.807) is 0 Å². The molecule has 4 N–H and O–H groups in total. The van der Waals surface area contributed by atoms with Crippen LogP contribution in [-0.4, -0.2) is 28.2 Å². The monoisotopic (exact) mass is 231 g/mol. The molecule has 0 aliphatic heterocycles. The van der Waals surface area contributed by atoms with Crippen LogP contribution in [0.3, 0.4) is 0 Å². The van der Waals surface area contributed by atoms with E-state index in [0.29, 0.717) is 12.8 Å². The maximum atomic E-state index is 10.2. The lowest BCUT2D eigenvalue weighted by Gasteiger charge is -2.09. The third kappa shape index (κ3) is 11.0. The predicted molar refractivity (Wildman–Crippen MR) is 60.2 cm³/mol. The van der Waals surface area contributed by atoms with Gasteiger partial charge in [0, 0.05) is 18.9 Å². The number of nitrogens with two attached hydrogens (primary N) is 1. The fraction of sp³-hybridized carbons (Fsp3) is 0.818. The molecule has 0 aliphatic rings. The summed E-state index contributed by atoms with van der Waals surface area (Å²) in [6.07, 6.45) is 5.06. The van der Waals surface area contributed by atoms with Crippen molar-refractivity contribution in [2.24, 2.45) is 5.73 Å². The number of carbonyl (C=O) groups is 2. The van der Waals surface area contributed by atoms with Crippen molar-refractivity contribution in [2.45, 2.75) is 57.4 Å². The highest BCUT2D eigenvalue weighted by molar-refractivity contribution is 5.66. The van der Waals surface area contributed by atoms with Crippen molar-refractivity contribution < 1.29 is 19.8 Å². The van der Waals surface area contributed by atoms with Gasteiger partial charge in [0.2, 0.25) is 0 Å². The van der Waals surface area contributed by atoms with Crippen molar-refractivity contribution in [3.63, 3.8) is 0 Å². The minimum atomic E-state index is -0.784. The topological polar surface area (TPSA) is 101 Å². The number of hydrogen-bond donors (Lipinski definition) is 3. The Morgan fingerprint density at radius 2 is 1.38 bits per heavy atom. The van der Waals surface area contributed by atoms with Crippen molar-refractivity contribution in [2.75, 3.05) is 0 Å². The SMILES string of the molecule is NC(CCCCCC(=O)O)CCCC(=O)O. The lowest BCUT2D eigenvalue weighted by Crippen LogP contribution is -2.19. The number of carboxylic acid groups (broad SMARTS) is 2. The summed E-state index contributed by atoms with van der Waals surface area (Å²) in [4.78, 5) is 20.5. The molecule has 0 fully saturated rings. The van der Waals surface area contributed by atoms with Crippen molar-refractivity contribution in [1.29, 1.82) is 0 Å². The Morgan fingerprint density at radius 1 is 0.875 bits per heavy atom. The van der Waals surface area contributed by atoms with E-state index in [9.17, 15) is 9.59 Å². The molecule has 0 rings (SSSR count). The fourth-order valence-electron chi connectivity index (χ4n) is 1.52. The molecule has 0 aromatic rings. The summed E-state index contributed by atoms with van der Waals surface area (Å²) in [5.74, 6) is -1.54. The Hall–Kier alpha value is -1.10. The van der Waals surface area contributed by atoms with Gasteiger partial charge in [-0.25, -0.2) is 0 Å². The lowest BCUT2D eigenvalue weighted by molar-refractivity contribution is -0.138. The summed E-state index contributed by atoms with van der Waals surface area (Å²) in [5.41, 5.74) is 5.79. The molecule has 0 aromatic heterocycles. The maximum Gasteiger partial charge on any atom is 0.303 e. The van der Waals surface area contributed by atoms with Crippen molar-refractivity contribution in [3.05, 3.63) is 0 Å². The van der Waals surface area contributed by atoms with E-state index >= 15 is 0 Å². The average molecular weight is 231 g/mol. The molecule has 0 heterocycles. The first-order valence-electron chi connectivity index (χ1n) is 5.71. The van der Waals surface area contributed by atoms with Gasteiger partial charge in [-0.15, -0.1) is 0 Å². The Kier molecular flexibility index (Phi) is 8.52. The second kappa shape index (κ2) is 9.15. The highest BCUT2D eigenvalue weighted by atomic mass is 16.4. The zero-order chi connectivity index (χ0) is 12.4. The molecule has 0 aliphatic carbocycles. The first-order chi connectivity index (χ1) is 7.52. The van der Waals surface area contributed by atoms with E-state index in [-0.39, 0.29) is 18.9 Å². The molecule has 0 aromatic carbocycles. The van der Waals surface area contributed by atoms with E-state index < -0.39 is 11.9 Å². The van der Waals surface area contributed by atoms with Gasteiger partial charge in [-0.3, -0.25) is 9.59 Å². The highest BCUT2D eigenvalue weighted by Crippen LogP contribution is 2.09. The third-order valence-electron chi connectivity index (χ3n) is 2.43. The molecular formula is C11H21NO4. The minimum absolute atomic E-state index is 0.0455. The van der Waals surface area contributed by atoms with Gasteiger partial charge in [0.15, 0.2) is 0 Å². The average Bonchev–Trinajstić information content (AvgIpc) is 2.16. The van der Waals surface area contributed by atoms with Crippen LogP contribution >= 0.6 is 0 Å². The summed E-state index contributed by atoms with van der Waals surface area (Å²) in [6.45, 7) is 0. The molecule has 0 spiro atoms. The maximum absolute atomic E-state index is 10.2. The summed E-state index contributed by atoms with van der Waals surface area (Å²) < 4.78 is 0. The number of unbranched alkanes of at least 4 members (excludes halogenated alkanes) is 2. The first-order valence-corrected chi connectivity index (χ1v) is 5.71. The largest absolute Gasteiger partial charge is 0.481 e. The van der Waals surface area contributed by atoms with Crippen molar-refractivity contribution in [3.8, 4) is 0 Å². The number of carboxylic acids is 2. The smallest absolute Gasteiger partial charge is 0.303 e. The van der Waals surface area contributed by atoms with Gasteiger partial charge >= 0.3 is 11.9 Å². The number of aliphatic carboxylic acids is 2. The van der Waals surface area contributed by atoms with Crippen LogP contribution in [0.4, 0.5) is 0 Å². The molecule has 5 nitrogen and oxygen atoms in total. The summed E-state index contributed by atoms with van der Waals surface area (Å²) in [6, 6.07) is 0.0455. The van der Waals surface area contributed by atoms with E-state index in [1.807, 2.05) is 0 Å². The molecule has 16 heavy (non-hydrogen) atoms. The molecule has 0 saturated heterocycles. The van der Waals surface area contributed by atoms with Crippen LogP contribution in [0.15, 0.2) is 0 Å². The molecule has 0 amide bonds. The van der Waals surface area contributed by atoms with Gasteiger partial charge in [0.1, 0.15) is 0 Å².